The number of nitrogens with zero attached hydrogens (tertiary/aromatic N) is 4. The summed E-state index contributed by atoms with van der Waals surface area (Å²) in [6, 6.07) is 11.4. The number of rotatable bonds is 9. The summed E-state index contributed by atoms with van der Waals surface area (Å²) in [5, 5.41) is 14.7. The van der Waals surface area contributed by atoms with Crippen LogP contribution >= 0.6 is 0 Å². The summed E-state index contributed by atoms with van der Waals surface area (Å²) >= 11 is 0. The molecular weight excluding hydrogens is 446 g/mol. The highest BCUT2D eigenvalue weighted by atomic mass is 32.2. The molecule has 0 aliphatic rings. The van der Waals surface area contributed by atoms with E-state index in [1.807, 2.05) is 19.9 Å². The number of hydrogen-bond acceptors (Lipinski definition) is 8. The van der Waals surface area contributed by atoms with Crippen LogP contribution in [0.1, 0.15) is 25.0 Å². The maximum atomic E-state index is 12.7. The topological polar surface area (TPSA) is 128 Å². The van der Waals surface area contributed by atoms with Crippen molar-refractivity contribution in [2.75, 3.05) is 18.4 Å². The van der Waals surface area contributed by atoms with Crippen molar-refractivity contribution in [1.29, 1.82) is 0 Å². The van der Waals surface area contributed by atoms with Crippen molar-refractivity contribution in [1.82, 2.24) is 14.3 Å². The number of aryl methyl sites for hydroxylation is 2. The normalized spacial score (nSPS) is 11.4. The van der Waals surface area contributed by atoms with Gasteiger partial charge in [0.2, 0.25) is 15.8 Å². The highest BCUT2D eigenvalue weighted by Crippen LogP contribution is 2.36. The van der Waals surface area contributed by atoms with Crippen molar-refractivity contribution >= 4 is 27.2 Å². The molecule has 0 atom stereocenters. The molecule has 3 aromatic rings. The van der Waals surface area contributed by atoms with Crippen LogP contribution in [-0.4, -0.2) is 40.7 Å². The average Bonchev–Trinajstić information content (AvgIpc) is 2.74. The first kappa shape index (κ1) is 24.1. The van der Waals surface area contributed by atoms with Crippen LogP contribution in [0.2, 0.25) is 0 Å². The van der Waals surface area contributed by atoms with E-state index >= 15 is 0 Å². The first-order valence-electron chi connectivity index (χ1n) is 10.3. The van der Waals surface area contributed by atoms with Gasteiger partial charge in [-0.25, -0.2) is 13.4 Å². The van der Waals surface area contributed by atoms with Crippen molar-refractivity contribution in [2.24, 2.45) is 0 Å². The van der Waals surface area contributed by atoms with Gasteiger partial charge in [-0.15, -0.1) is 0 Å². The van der Waals surface area contributed by atoms with Crippen LogP contribution in [-0.2, 0) is 10.0 Å². The molecule has 0 saturated carbocycles. The van der Waals surface area contributed by atoms with Crippen LogP contribution < -0.4 is 10.1 Å². The van der Waals surface area contributed by atoms with Gasteiger partial charge in [-0.2, -0.15) is 9.29 Å². The third-order valence-corrected chi connectivity index (χ3v) is 6.91. The van der Waals surface area contributed by atoms with E-state index in [1.165, 1.54) is 28.6 Å². The van der Waals surface area contributed by atoms with Gasteiger partial charge in [0.1, 0.15) is 12.1 Å². The minimum atomic E-state index is -3.61. The number of aromatic nitrogens is 2. The molecular formula is C22H25N5O5S. The molecule has 0 saturated heterocycles. The monoisotopic (exact) mass is 471 g/mol. The van der Waals surface area contributed by atoms with Gasteiger partial charge in [0, 0.05) is 18.8 Å². The number of ether oxygens (including phenoxy) is 1. The molecule has 10 nitrogen and oxygen atoms in total. The van der Waals surface area contributed by atoms with Crippen molar-refractivity contribution in [3.8, 4) is 11.6 Å². The summed E-state index contributed by atoms with van der Waals surface area (Å²) < 4.78 is 32.4. The number of hydrogen-bond donors (Lipinski definition) is 1. The Morgan fingerprint density at radius 1 is 1.03 bits per heavy atom. The summed E-state index contributed by atoms with van der Waals surface area (Å²) in [5.74, 6) is 0.142. The number of nitro groups is 1. The van der Waals surface area contributed by atoms with Crippen molar-refractivity contribution in [3.63, 3.8) is 0 Å². The first-order chi connectivity index (χ1) is 15.6. The zero-order chi connectivity index (χ0) is 24.2. The largest absolute Gasteiger partial charge is 0.434 e. The van der Waals surface area contributed by atoms with Crippen LogP contribution in [0.25, 0.3) is 0 Å². The number of sulfonamides is 1. The van der Waals surface area contributed by atoms with Gasteiger partial charge in [0.05, 0.1) is 9.82 Å². The van der Waals surface area contributed by atoms with E-state index in [1.54, 1.807) is 26.0 Å². The van der Waals surface area contributed by atoms with E-state index in [2.05, 4.69) is 15.3 Å². The molecule has 0 spiro atoms. The number of benzene rings is 2. The predicted molar refractivity (Wildman–Crippen MR) is 125 cm³/mol. The number of nitrogens with one attached hydrogen (secondary N) is 1. The Bertz CT molecular complexity index is 1240. The molecule has 1 heterocycles. The summed E-state index contributed by atoms with van der Waals surface area (Å²) in [6.07, 6.45) is 1.16. The zero-order valence-electron chi connectivity index (χ0n) is 18.8. The van der Waals surface area contributed by atoms with E-state index in [9.17, 15) is 18.5 Å². The van der Waals surface area contributed by atoms with Crippen LogP contribution in [0, 0.1) is 24.0 Å². The molecule has 174 valence electrons. The third-order valence-electron chi connectivity index (χ3n) is 4.84. The lowest BCUT2D eigenvalue weighted by atomic mass is 10.1. The smallest absolute Gasteiger partial charge is 0.373 e. The molecule has 0 amide bonds. The zero-order valence-corrected chi connectivity index (χ0v) is 19.6. The van der Waals surface area contributed by atoms with Crippen molar-refractivity contribution < 1.29 is 18.1 Å². The Hall–Kier alpha value is -3.57. The van der Waals surface area contributed by atoms with E-state index in [0.29, 0.717) is 24.5 Å². The maximum Gasteiger partial charge on any atom is 0.373 e. The van der Waals surface area contributed by atoms with Gasteiger partial charge in [-0.1, -0.05) is 19.9 Å². The van der Waals surface area contributed by atoms with Gasteiger partial charge in [-0.3, -0.25) is 10.1 Å². The second-order valence-corrected chi connectivity index (χ2v) is 9.24. The van der Waals surface area contributed by atoms with E-state index < -0.39 is 20.6 Å². The van der Waals surface area contributed by atoms with Crippen molar-refractivity contribution in [2.45, 2.75) is 32.6 Å². The molecule has 2 aromatic carbocycles. The van der Waals surface area contributed by atoms with Crippen LogP contribution in [0.5, 0.6) is 11.6 Å². The van der Waals surface area contributed by atoms with Crippen LogP contribution in [0.15, 0.2) is 53.7 Å². The van der Waals surface area contributed by atoms with Crippen molar-refractivity contribution in [3.05, 3.63) is 70.0 Å². The standard InChI is InChI=1S/C22H25N5O5S/c1-5-26(6-2)33(30,31)19-9-7-17(8-10-19)25-21-20(27(28)29)22(24-14-23-21)32-18-12-15(3)11-16(4)13-18/h7-14H,5-6H2,1-4H3,(H,23,24,25). The third kappa shape index (κ3) is 5.44. The Kier molecular flexibility index (Phi) is 7.24. The van der Waals surface area contributed by atoms with Crippen LogP contribution in [0.3, 0.4) is 0 Å². The second-order valence-electron chi connectivity index (χ2n) is 7.30. The quantitative estimate of drug-likeness (QED) is 0.355. The SMILES string of the molecule is CCN(CC)S(=O)(=O)c1ccc(Nc2ncnc(Oc3cc(C)cc(C)c3)c2[N+](=O)[O-])cc1. The van der Waals surface area contributed by atoms with E-state index in [0.717, 1.165) is 17.5 Å². The molecule has 0 unspecified atom stereocenters. The highest BCUT2D eigenvalue weighted by Gasteiger charge is 2.26. The maximum absolute atomic E-state index is 12.7. The molecule has 0 fully saturated rings. The molecule has 3 rings (SSSR count). The Balaban J connectivity index is 1.91. The second kappa shape index (κ2) is 9.92. The highest BCUT2D eigenvalue weighted by molar-refractivity contribution is 7.89. The summed E-state index contributed by atoms with van der Waals surface area (Å²) in [6.45, 7) is 8.03. The molecule has 1 aromatic heterocycles. The average molecular weight is 472 g/mol. The molecule has 0 bridgehead atoms. The van der Waals surface area contributed by atoms with Gasteiger partial charge in [0.15, 0.2) is 0 Å². The fourth-order valence-electron chi connectivity index (χ4n) is 3.36. The first-order valence-corrected chi connectivity index (χ1v) is 11.7. The molecule has 11 heteroatoms. The Morgan fingerprint density at radius 3 is 2.18 bits per heavy atom. The number of anilines is 2. The van der Waals surface area contributed by atoms with Gasteiger partial charge >= 0.3 is 11.6 Å². The predicted octanol–water partition coefficient (Wildman–Crippen LogP) is 4.57. The lowest BCUT2D eigenvalue weighted by Gasteiger charge is -2.18. The van der Waals surface area contributed by atoms with Gasteiger partial charge in [0.25, 0.3) is 0 Å². The van der Waals surface area contributed by atoms with Crippen LogP contribution in [0.4, 0.5) is 17.2 Å². The lowest BCUT2D eigenvalue weighted by molar-refractivity contribution is -0.385. The fourth-order valence-corrected chi connectivity index (χ4v) is 4.81. The minimum absolute atomic E-state index is 0.0753. The van der Waals surface area contributed by atoms with E-state index in [-0.39, 0.29) is 16.6 Å². The molecule has 33 heavy (non-hydrogen) atoms. The summed E-state index contributed by atoms with van der Waals surface area (Å²) in [7, 11) is -3.61. The Morgan fingerprint density at radius 2 is 1.64 bits per heavy atom. The lowest BCUT2D eigenvalue weighted by Crippen LogP contribution is -2.30. The van der Waals surface area contributed by atoms with E-state index in [4.69, 9.17) is 4.74 Å². The summed E-state index contributed by atoms with van der Waals surface area (Å²) in [4.78, 5) is 19.2. The molecule has 1 N–H and O–H groups in total. The molecule has 0 radical (unpaired) electrons. The van der Waals surface area contributed by atoms with Gasteiger partial charge in [-0.05, 0) is 61.4 Å². The summed E-state index contributed by atoms with van der Waals surface area (Å²) in [5.41, 5.74) is 1.88. The Labute approximate surface area is 192 Å². The molecule has 0 aliphatic carbocycles. The minimum Gasteiger partial charge on any atom is -0.434 e. The molecule has 0 aliphatic heterocycles. The van der Waals surface area contributed by atoms with Gasteiger partial charge < -0.3 is 10.1 Å². The fraction of sp³-hybridized carbons (Fsp3) is 0.273.